The van der Waals surface area contributed by atoms with Crippen molar-refractivity contribution in [3.8, 4) is 0 Å². The first kappa shape index (κ1) is 19.2. The zero-order chi connectivity index (χ0) is 20.0. The molecule has 0 radical (unpaired) electrons. The van der Waals surface area contributed by atoms with Crippen molar-refractivity contribution < 1.29 is 0 Å². The summed E-state index contributed by atoms with van der Waals surface area (Å²) in [6, 6.07) is 18.4. The second-order valence-corrected chi connectivity index (χ2v) is 10.5. The van der Waals surface area contributed by atoms with Crippen LogP contribution >= 0.6 is 7.92 Å². The zero-order valence-electron chi connectivity index (χ0n) is 17.8. The second kappa shape index (κ2) is 7.34. The summed E-state index contributed by atoms with van der Waals surface area (Å²) in [7, 11) is -0.534. The van der Waals surface area contributed by atoms with Crippen molar-refractivity contribution in [2.75, 3.05) is 0 Å². The Morgan fingerprint density at radius 3 is 1.61 bits per heavy atom. The molecule has 0 N–H and O–H groups in total. The van der Waals surface area contributed by atoms with E-state index in [1.54, 1.807) is 10.6 Å². The molecule has 142 valence electrons. The molecule has 0 spiro atoms. The third-order valence-corrected chi connectivity index (χ3v) is 9.18. The van der Waals surface area contributed by atoms with Gasteiger partial charge in [0, 0.05) is 5.66 Å². The Labute approximate surface area is 171 Å². The Hall–Kier alpha value is -2.17. The molecule has 0 saturated heterocycles. The molecule has 1 aliphatic rings. The van der Waals surface area contributed by atoms with E-state index in [-0.39, 0.29) is 0 Å². The van der Waals surface area contributed by atoms with Gasteiger partial charge in [-0.2, -0.15) is 0 Å². The minimum atomic E-state index is -0.534. The fraction of sp³-hybridized carbons (Fsp3) is 0.259. The summed E-state index contributed by atoms with van der Waals surface area (Å²) in [5.74, 6) is 0. The van der Waals surface area contributed by atoms with E-state index in [1.807, 2.05) is 0 Å². The highest BCUT2D eigenvalue weighted by Gasteiger charge is 2.32. The van der Waals surface area contributed by atoms with Crippen molar-refractivity contribution in [3.63, 3.8) is 0 Å². The van der Waals surface area contributed by atoms with E-state index in [1.165, 1.54) is 44.5 Å². The first-order valence-corrected chi connectivity index (χ1v) is 11.5. The normalized spacial score (nSPS) is 15.3. The molecule has 1 atom stereocenters. The van der Waals surface area contributed by atoms with Crippen molar-refractivity contribution in [2.45, 2.75) is 47.2 Å². The minimum Gasteiger partial charge on any atom is -0.0715 e. The lowest BCUT2D eigenvalue weighted by atomic mass is 10.1. The smallest absolute Gasteiger partial charge is 0.0311 e. The van der Waals surface area contributed by atoms with Gasteiger partial charge in [-0.15, -0.1) is 0 Å². The Kier molecular flexibility index (Phi) is 5.02. The van der Waals surface area contributed by atoms with E-state index in [0.717, 1.165) is 0 Å². The van der Waals surface area contributed by atoms with Gasteiger partial charge in [0.15, 0.2) is 0 Å². The molecule has 4 rings (SSSR count). The van der Waals surface area contributed by atoms with Crippen molar-refractivity contribution in [3.05, 3.63) is 99.1 Å². The van der Waals surface area contributed by atoms with Gasteiger partial charge in [0.05, 0.1) is 0 Å². The summed E-state index contributed by atoms with van der Waals surface area (Å²) in [5, 5.41) is 3.11. The largest absolute Gasteiger partial charge is 0.0715 e. The molecule has 0 amide bonds. The molecule has 0 fully saturated rings. The van der Waals surface area contributed by atoms with Gasteiger partial charge in [-0.3, -0.25) is 0 Å². The molecule has 0 aromatic heterocycles. The summed E-state index contributed by atoms with van der Waals surface area (Å²) in [4.78, 5) is 0. The lowest BCUT2D eigenvalue weighted by Gasteiger charge is -2.31. The fourth-order valence-electron chi connectivity index (χ4n) is 4.95. The first-order chi connectivity index (χ1) is 13.4. The first-order valence-electron chi connectivity index (χ1n) is 10.1. The van der Waals surface area contributed by atoms with Crippen molar-refractivity contribution in [2.24, 2.45) is 0 Å². The number of aryl methyl sites for hydroxylation is 6. The van der Waals surface area contributed by atoms with Crippen LogP contribution in [-0.4, -0.2) is 0 Å². The summed E-state index contributed by atoms with van der Waals surface area (Å²) in [6.45, 7) is 13.6. The standard InChI is InChI=1S/C27H29P/c1-17-13-19(3)26(20(4)14-17)28(27-21(5)15-18(2)16-22(27)6)25-12-11-23-9-7-8-10-24(23)25/h7-16,25H,1-6H3. The molecular formula is C27H29P. The third-order valence-electron chi connectivity index (χ3n) is 5.80. The third kappa shape index (κ3) is 3.25. The molecule has 0 heterocycles. The summed E-state index contributed by atoms with van der Waals surface area (Å²) in [6.07, 6.45) is 4.78. The monoisotopic (exact) mass is 384 g/mol. The molecule has 1 unspecified atom stereocenters. The van der Waals surface area contributed by atoms with E-state index >= 15 is 0 Å². The van der Waals surface area contributed by atoms with Crippen LogP contribution in [0.4, 0.5) is 0 Å². The van der Waals surface area contributed by atoms with Crippen molar-refractivity contribution in [1.29, 1.82) is 0 Å². The zero-order valence-corrected chi connectivity index (χ0v) is 18.7. The molecule has 3 aromatic carbocycles. The van der Waals surface area contributed by atoms with E-state index in [4.69, 9.17) is 0 Å². The van der Waals surface area contributed by atoms with Gasteiger partial charge in [-0.25, -0.2) is 0 Å². The molecule has 0 saturated carbocycles. The number of rotatable bonds is 3. The molecule has 1 heteroatoms. The SMILES string of the molecule is Cc1cc(C)c(P(c2c(C)cc(C)cc2C)C2C=Cc3ccccc32)c(C)c1. The number of hydrogen-bond donors (Lipinski definition) is 0. The highest BCUT2D eigenvalue weighted by atomic mass is 31.1. The average Bonchev–Trinajstić information content (AvgIpc) is 3.02. The average molecular weight is 385 g/mol. The molecule has 0 nitrogen and oxygen atoms in total. The Morgan fingerprint density at radius 1 is 0.643 bits per heavy atom. The van der Waals surface area contributed by atoms with Crippen LogP contribution < -0.4 is 10.6 Å². The predicted molar refractivity (Wildman–Crippen MR) is 126 cm³/mol. The van der Waals surface area contributed by atoms with Gasteiger partial charge < -0.3 is 0 Å². The number of hydrogen-bond acceptors (Lipinski definition) is 0. The molecule has 0 bridgehead atoms. The lowest BCUT2D eigenvalue weighted by molar-refractivity contribution is 1.24. The fourth-order valence-corrected chi connectivity index (χ4v) is 8.28. The summed E-state index contributed by atoms with van der Waals surface area (Å²) in [5.41, 5.74) is 11.7. The maximum Gasteiger partial charge on any atom is 0.0311 e. The highest BCUT2D eigenvalue weighted by molar-refractivity contribution is 7.73. The van der Waals surface area contributed by atoms with Crippen LogP contribution in [0, 0.1) is 41.5 Å². The van der Waals surface area contributed by atoms with E-state index < -0.39 is 7.92 Å². The van der Waals surface area contributed by atoms with Gasteiger partial charge in [0.1, 0.15) is 0 Å². The van der Waals surface area contributed by atoms with Crippen LogP contribution in [0.25, 0.3) is 6.08 Å². The highest BCUT2D eigenvalue weighted by Crippen LogP contribution is 2.56. The number of allylic oxidation sites excluding steroid dienone is 1. The minimum absolute atomic E-state index is 0.436. The van der Waals surface area contributed by atoms with E-state index in [2.05, 4.69) is 102 Å². The quantitative estimate of drug-likeness (QED) is 0.439. The van der Waals surface area contributed by atoms with Gasteiger partial charge in [0.2, 0.25) is 0 Å². The molecule has 28 heavy (non-hydrogen) atoms. The topological polar surface area (TPSA) is 0 Å². The maximum absolute atomic E-state index is 2.45. The Balaban J connectivity index is 2.01. The van der Waals surface area contributed by atoms with Crippen LogP contribution in [0.1, 0.15) is 50.2 Å². The summed E-state index contributed by atoms with van der Waals surface area (Å²) >= 11 is 0. The molecule has 1 aliphatic carbocycles. The van der Waals surface area contributed by atoms with Crippen LogP contribution in [0.3, 0.4) is 0 Å². The number of benzene rings is 3. The Bertz CT molecular complexity index is 984. The second-order valence-electron chi connectivity index (χ2n) is 8.30. The number of fused-ring (bicyclic) bond motifs is 1. The lowest BCUT2D eigenvalue weighted by Crippen LogP contribution is -2.24. The molecule has 0 aliphatic heterocycles. The van der Waals surface area contributed by atoms with E-state index in [9.17, 15) is 0 Å². The van der Waals surface area contributed by atoms with Gasteiger partial charge in [0.25, 0.3) is 0 Å². The van der Waals surface area contributed by atoms with Crippen molar-refractivity contribution >= 4 is 24.6 Å². The van der Waals surface area contributed by atoms with Crippen LogP contribution in [0.5, 0.6) is 0 Å². The summed E-state index contributed by atoms with van der Waals surface area (Å²) < 4.78 is 0. The van der Waals surface area contributed by atoms with Crippen molar-refractivity contribution in [1.82, 2.24) is 0 Å². The van der Waals surface area contributed by atoms with Gasteiger partial charge >= 0.3 is 0 Å². The van der Waals surface area contributed by atoms with Gasteiger partial charge in [-0.1, -0.05) is 71.8 Å². The Morgan fingerprint density at radius 2 is 1.11 bits per heavy atom. The molecule has 3 aromatic rings. The maximum atomic E-state index is 2.45. The van der Waals surface area contributed by atoms with Crippen LogP contribution in [0.2, 0.25) is 0 Å². The van der Waals surface area contributed by atoms with E-state index in [0.29, 0.717) is 5.66 Å². The van der Waals surface area contributed by atoms with Crippen LogP contribution in [-0.2, 0) is 0 Å². The molecular weight excluding hydrogens is 355 g/mol. The van der Waals surface area contributed by atoms with Crippen LogP contribution in [0.15, 0.2) is 54.6 Å². The van der Waals surface area contributed by atoms with Gasteiger partial charge in [-0.05, 0) is 93.5 Å². The predicted octanol–water partition coefficient (Wildman–Crippen LogP) is 6.74.